The number of nitrogens with zero attached hydrogens (tertiary/aromatic N) is 1. The van der Waals surface area contributed by atoms with Crippen LogP contribution in [0.1, 0.15) is 24.8 Å². The predicted molar refractivity (Wildman–Crippen MR) is 119 cm³/mol. The number of nitrogens with one attached hydrogen (secondary N) is 1. The van der Waals surface area contributed by atoms with Gasteiger partial charge in [-0.2, -0.15) is 0 Å². The molecule has 1 heterocycles. The maximum Gasteiger partial charge on any atom is 0.240 e. The van der Waals surface area contributed by atoms with Gasteiger partial charge >= 0.3 is 0 Å². The molecular weight excluding hydrogens is 364 g/mol. The number of carbonyl (C=O) groups is 1. The van der Waals surface area contributed by atoms with Crippen LogP contribution in [0.4, 0.5) is 0 Å². The fourth-order valence-electron chi connectivity index (χ4n) is 3.64. The third-order valence-corrected chi connectivity index (χ3v) is 6.16. The van der Waals surface area contributed by atoms with Gasteiger partial charge in [-0.15, -0.1) is 18.3 Å². The molecule has 0 saturated carbocycles. The Labute approximate surface area is 173 Å². The molecule has 2 aromatic rings. The summed E-state index contributed by atoms with van der Waals surface area (Å²) in [6, 6.07) is 20.9. The summed E-state index contributed by atoms with van der Waals surface area (Å²) in [6.45, 7) is 5.47. The normalized spacial score (nSPS) is 20.0. The summed E-state index contributed by atoms with van der Waals surface area (Å²) in [7, 11) is 0. The van der Waals surface area contributed by atoms with Gasteiger partial charge in [-0.05, 0) is 43.4 Å². The molecule has 1 saturated heterocycles. The molecule has 4 heteroatoms. The number of carbonyl (C=O) groups excluding carboxylic acids is 1. The molecule has 0 unspecified atom stereocenters. The Morgan fingerprint density at radius 2 is 1.82 bits per heavy atom. The topological polar surface area (TPSA) is 32.3 Å². The first-order valence-electron chi connectivity index (χ1n) is 10.1. The predicted octanol–water partition coefficient (Wildman–Crippen LogP) is 4.55. The summed E-state index contributed by atoms with van der Waals surface area (Å²) in [5.74, 6) is 1.16. The summed E-state index contributed by atoms with van der Waals surface area (Å²) in [5, 5.41) is 3.64. The molecule has 0 aliphatic carbocycles. The lowest BCUT2D eigenvalue weighted by Gasteiger charge is -2.24. The molecule has 0 bridgehead atoms. The van der Waals surface area contributed by atoms with Gasteiger partial charge in [0.2, 0.25) is 5.91 Å². The van der Waals surface area contributed by atoms with Gasteiger partial charge in [-0.1, -0.05) is 54.6 Å². The zero-order valence-electron chi connectivity index (χ0n) is 16.4. The molecule has 0 radical (unpaired) electrons. The van der Waals surface area contributed by atoms with Crippen molar-refractivity contribution in [1.82, 2.24) is 10.2 Å². The van der Waals surface area contributed by atoms with Crippen molar-refractivity contribution in [2.45, 2.75) is 42.7 Å². The van der Waals surface area contributed by atoms with E-state index in [1.54, 1.807) is 0 Å². The number of thioether (sulfide) groups is 1. The van der Waals surface area contributed by atoms with Crippen LogP contribution in [0.25, 0.3) is 0 Å². The fourth-order valence-corrected chi connectivity index (χ4v) is 4.53. The molecule has 1 fully saturated rings. The van der Waals surface area contributed by atoms with Crippen LogP contribution < -0.4 is 5.32 Å². The highest BCUT2D eigenvalue weighted by Gasteiger charge is 2.30. The molecule has 0 spiro atoms. The number of benzene rings is 2. The highest BCUT2D eigenvalue weighted by Crippen LogP contribution is 2.19. The van der Waals surface area contributed by atoms with E-state index in [4.69, 9.17) is 0 Å². The first-order chi connectivity index (χ1) is 13.8. The van der Waals surface area contributed by atoms with E-state index in [-0.39, 0.29) is 11.9 Å². The molecule has 28 heavy (non-hydrogen) atoms. The van der Waals surface area contributed by atoms with Crippen molar-refractivity contribution in [1.29, 1.82) is 0 Å². The van der Waals surface area contributed by atoms with Gasteiger partial charge < -0.3 is 10.2 Å². The molecule has 2 atom stereocenters. The van der Waals surface area contributed by atoms with E-state index in [0.717, 1.165) is 44.5 Å². The van der Waals surface area contributed by atoms with Crippen molar-refractivity contribution < 1.29 is 4.79 Å². The van der Waals surface area contributed by atoms with Gasteiger partial charge in [0.15, 0.2) is 0 Å². The van der Waals surface area contributed by atoms with Crippen LogP contribution in [0.5, 0.6) is 0 Å². The van der Waals surface area contributed by atoms with E-state index in [0.29, 0.717) is 6.04 Å². The van der Waals surface area contributed by atoms with Gasteiger partial charge in [-0.3, -0.25) is 4.79 Å². The summed E-state index contributed by atoms with van der Waals surface area (Å²) in [4.78, 5) is 16.6. The molecule has 3 nitrogen and oxygen atoms in total. The highest BCUT2D eigenvalue weighted by atomic mass is 32.2. The monoisotopic (exact) mass is 394 g/mol. The second kappa shape index (κ2) is 11.1. The van der Waals surface area contributed by atoms with Crippen molar-refractivity contribution in [2.75, 3.05) is 18.8 Å². The van der Waals surface area contributed by atoms with Crippen molar-refractivity contribution in [3.05, 3.63) is 78.9 Å². The number of rotatable bonds is 9. The SMILES string of the molecule is C=CCC[C@@H]1CCN(CCSc2ccccc2)C(=O)[C@H](Cc2ccccc2)N1. The standard InChI is InChI=1S/C24H30N2OS/c1-2-3-12-21-15-16-26(17-18-28-22-13-8-5-9-14-22)24(27)23(25-21)19-20-10-6-4-7-11-20/h2,4-11,13-14,21,23,25H,1,3,12,15-19H2/t21-,23+/m1/s1. The Kier molecular flexibility index (Phi) is 8.19. The summed E-state index contributed by atoms with van der Waals surface area (Å²) in [5.41, 5.74) is 1.20. The van der Waals surface area contributed by atoms with Crippen molar-refractivity contribution in [2.24, 2.45) is 0 Å². The number of amides is 1. The second-order valence-corrected chi connectivity index (χ2v) is 8.42. The highest BCUT2D eigenvalue weighted by molar-refractivity contribution is 7.99. The molecule has 1 N–H and O–H groups in total. The average molecular weight is 395 g/mol. The van der Waals surface area contributed by atoms with Gasteiger partial charge in [0.05, 0.1) is 6.04 Å². The number of hydrogen-bond acceptors (Lipinski definition) is 3. The van der Waals surface area contributed by atoms with Crippen LogP contribution >= 0.6 is 11.8 Å². The summed E-state index contributed by atoms with van der Waals surface area (Å²) < 4.78 is 0. The molecule has 148 valence electrons. The molecule has 1 amide bonds. The van der Waals surface area contributed by atoms with Gasteiger partial charge in [0.25, 0.3) is 0 Å². The zero-order valence-corrected chi connectivity index (χ0v) is 17.2. The quantitative estimate of drug-likeness (QED) is 0.500. The van der Waals surface area contributed by atoms with E-state index in [1.165, 1.54) is 10.5 Å². The molecular formula is C24H30N2OS. The smallest absolute Gasteiger partial charge is 0.240 e. The Morgan fingerprint density at radius 3 is 2.54 bits per heavy atom. The maximum absolute atomic E-state index is 13.2. The van der Waals surface area contributed by atoms with E-state index in [2.05, 4.69) is 53.2 Å². The van der Waals surface area contributed by atoms with Crippen LogP contribution in [0.2, 0.25) is 0 Å². The lowest BCUT2D eigenvalue weighted by Crippen LogP contribution is -2.47. The average Bonchev–Trinajstić information content (AvgIpc) is 2.88. The summed E-state index contributed by atoms with van der Waals surface area (Å²) in [6.07, 6.45) is 5.73. The minimum atomic E-state index is -0.151. The first-order valence-corrected chi connectivity index (χ1v) is 11.1. The lowest BCUT2D eigenvalue weighted by molar-refractivity contribution is -0.132. The van der Waals surface area contributed by atoms with Crippen LogP contribution in [-0.2, 0) is 11.2 Å². The number of allylic oxidation sites excluding steroid dienone is 1. The Bertz CT molecular complexity index is 735. The van der Waals surface area contributed by atoms with Crippen molar-refractivity contribution >= 4 is 17.7 Å². The minimum absolute atomic E-state index is 0.151. The Morgan fingerprint density at radius 1 is 1.11 bits per heavy atom. The fraction of sp³-hybridized carbons (Fsp3) is 0.375. The van der Waals surface area contributed by atoms with Crippen molar-refractivity contribution in [3.8, 4) is 0 Å². The molecule has 0 aromatic heterocycles. The van der Waals surface area contributed by atoms with Crippen LogP contribution in [0, 0.1) is 0 Å². The molecule has 2 aromatic carbocycles. The molecule has 1 aliphatic heterocycles. The second-order valence-electron chi connectivity index (χ2n) is 7.25. The third-order valence-electron chi connectivity index (χ3n) is 5.17. The number of hydrogen-bond donors (Lipinski definition) is 1. The minimum Gasteiger partial charge on any atom is -0.340 e. The largest absolute Gasteiger partial charge is 0.340 e. The zero-order chi connectivity index (χ0) is 19.6. The third kappa shape index (κ3) is 6.25. The van der Waals surface area contributed by atoms with E-state index in [9.17, 15) is 4.79 Å². The van der Waals surface area contributed by atoms with Gasteiger partial charge in [0.1, 0.15) is 0 Å². The first kappa shape index (κ1) is 20.7. The Balaban J connectivity index is 1.63. The molecule has 1 aliphatic rings. The van der Waals surface area contributed by atoms with Crippen LogP contribution in [-0.4, -0.2) is 41.7 Å². The summed E-state index contributed by atoms with van der Waals surface area (Å²) >= 11 is 1.82. The lowest BCUT2D eigenvalue weighted by atomic mass is 10.0. The van der Waals surface area contributed by atoms with Crippen LogP contribution in [0.15, 0.2) is 78.2 Å². The van der Waals surface area contributed by atoms with E-state index < -0.39 is 0 Å². The van der Waals surface area contributed by atoms with E-state index >= 15 is 0 Å². The Hall–Kier alpha value is -2.04. The van der Waals surface area contributed by atoms with Crippen LogP contribution in [0.3, 0.4) is 0 Å². The maximum atomic E-state index is 13.2. The van der Waals surface area contributed by atoms with Crippen molar-refractivity contribution in [3.63, 3.8) is 0 Å². The molecule has 3 rings (SSSR count). The van der Waals surface area contributed by atoms with Gasteiger partial charge in [-0.25, -0.2) is 0 Å². The van der Waals surface area contributed by atoms with Gasteiger partial charge in [0, 0.05) is 29.8 Å². The van der Waals surface area contributed by atoms with E-state index in [1.807, 2.05) is 42.1 Å².